The first kappa shape index (κ1) is 9.19. The quantitative estimate of drug-likeness (QED) is 0.677. The van der Waals surface area contributed by atoms with Crippen molar-refractivity contribution in [1.82, 2.24) is 4.98 Å². The van der Waals surface area contributed by atoms with Crippen molar-refractivity contribution in [3.8, 4) is 6.07 Å². The summed E-state index contributed by atoms with van der Waals surface area (Å²) < 4.78 is 24.4. The topological polar surface area (TPSA) is 82.7 Å². The van der Waals surface area contributed by atoms with Crippen LogP contribution in [-0.2, 0) is 0 Å². The summed E-state index contributed by atoms with van der Waals surface area (Å²) in [4.78, 5) is 12.8. The van der Waals surface area contributed by atoms with Gasteiger partial charge in [-0.2, -0.15) is 5.26 Å². The lowest BCUT2D eigenvalue weighted by Crippen LogP contribution is -2.12. The Morgan fingerprint density at radius 3 is 2.69 bits per heavy atom. The van der Waals surface area contributed by atoms with Crippen LogP contribution in [0, 0.1) is 11.3 Å². The number of nitrogens with one attached hydrogen (secondary N) is 1. The van der Waals surface area contributed by atoms with Gasteiger partial charge in [-0.05, 0) is 0 Å². The number of nitrogens with zero attached hydrogens (tertiary/aromatic N) is 1. The second kappa shape index (κ2) is 3.23. The number of nitriles is 1. The van der Waals surface area contributed by atoms with E-state index in [1.54, 1.807) is 0 Å². The van der Waals surface area contributed by atoms with Crippen molar-refractivity contribution in [2.45, 2.75) is 6.43 Å². The van der Waals surface area contributed by atoms with Gasteiger partial charge < -0.3 is 10.7 Å². The van der Waals surface area contributed by atoms with E-state index in [4.69, 9.17) is 11.0 Å². The van der Waals surface area contributed by atoms with Gasteiger partial charge in [0.2, 0.25) is 5.56 Å². The van der Waals surface area contributed by atoms with Crippen LogP contribution in [-0.4, -0.2) is 4.98 Å². The van der Waals surface area contributed by atoms with E-state index in [-0.39, 0.29) is 11.4 Å². The molecule has 0 saturated carbocycles. The predicted octanol–water partition coefficient (Wildman–Crippen LogP) is 0.766. The molecule has 1 heterocycles. The molecule has 0 fully saturated rings. The molecule has 0 aliphatic carbocycles. The van der Waals surface area contributed by atoms with Crippen LogP contribution < -0.4 is 11.3 Å². The van der Waals surface area contributed by atoms with E-state index in [1.165, 1.54) is 6.07 Å². The second-order valence-electron chi connectivity index (χ2n) is 2.29. The van der Waals surface area contributed by atoms with Crippen LogP contribution in [0.4, 0.5) is 14.5 Å². The van der Waals surface area contributed by atoms with E-state index < -0.39 is 17.5 Å². The Morgan fingerprint density at radius 1 is 1.62 bits per heavy atom. The number of aromatic amines is 1. The molecule has 68 valence electrons. The number of nitrogens with two attached hydrogens (primary N) is 1. The minimum Gasteiger partial charge on any atom is -0.396 e. The third-order valence-electron chi connectivity index (χ3n) is 1.46. The summed E-state index contributed by atoms with van der Waals surface area (Å²) in [7, 11) is 0. The highest BCUT2D eigenvalue weighted by Crippen LogP contribution is 2.24. The number of alkyl halides is 2. The molecule has 1 aromatic rings. The van der Waals surface area contributed by atoms with Crippen molar-refractivity contribution >= 4 is 5.69 Å². The molecule has 0 aliphatic rings. The van der Waals surface area contributed by atoms with Crippen LogP contribution in [0.15, 0.2) is 10.9 Å². The third-order valence-corrected chi connectivity index (χ3v) is 1.46. The molecule has 0 unspecified atom stereocenters. The molecule has 1 aromatic heterocycles. The summed E-state index contributed by atoms with van der Waals surface area (Å²) in [6.45, 7) is 0. The first-order chi connectivity index (χ1) is 6.06. The van der Waals surface area contributed by atoms with E-state index in [1.807, 2.05) is 4.98 Å². The van der Waals surface area contributed by atoms with Crippen molar-refractivity contribution < 1.29 is 8.78 Å². The summed E-state index contributed by atoms with van der Waals surface area (Å²) in [6.07, 6.45) is -2.85. The van der Waals surface area contributed by atoms with Crippen molar-refractivity contribution in [3.63, 3.8) is 0 Å². The van der Waals surface area contributed by atoms with E-state index >= 15 is 0 Å². The Kier molecular flexibility index (Phi) is 2.28. The lowest BCUT2D eigenvalue weighted by Gasteiger charge is -2.03. The molecule has 0 bridgehead atoms. The number of hydrogen-bond donors (Lipinski definition) is 2. The maximum absolute atomic E-state index is 12.2. The van der Waals surface area contributed by atoms with E-state index in [0.29, 0.717) is 6.07 Å². The van der Waals surface area contributed by atoms with Gasteiger partial charge in [-0.1, -0.05) is 0 Å². The van der Waals surface area contributed by atoms with Crippen LogP contribution in [0.25, 0.3) is 0 Å². The summed E-state index contributed by atoms with van der Waals surface area (Å²) in [6, 6.07) is 2.20. The van der Waals surface area contributed by atoms with Gasteiger partial charge in [0, 0.05) is 11.6 Å². The highest BCUT2D eigenvalue weighted by Gasteiger charge is 2.15. The zero-order valence-electron chi connectivity index (χ0n) is 6.34. The number of halogens is 2. The van der Waals surface area contributed by atoms with Crippen molar-refractivity contribution in [3.05, 3.63) is 27.7 Å². The van der Waals surface area contributed by atoms with Gasteiger partial charge in [0.05, 0.1) is 5.69 Å². The predicted molar refractivity (Wildman–Crippen MR) is 41.1 cm³/mol. The number of pyridine rings is 1. The van der Waals surface area contributed by atoms with Crippen molar-refractivity contribution in [2.75, 3.05) is 5.73 Å². The van der Waals surface area contributed by atoms with Crippen LogP contribution >= 0.6 is 0 Å². The maximum atomic E-state index is 12.2. The lowest BCUT2D eigenvalue weighted by atomic mass is 10.2. The van der Waals surface area contributed by atoms with Gasteiger partial charge in [-0.25, -0.2) is 8.78 Å². The fourth-order valence-corrected chi connectivity index (χ4v) is 0.859. The maximum Gasteiger partial charge on any atom is 0.266 e. The van der Waals surface area contributed by atoms with Gasteiger partial charge >= 0.3 is 0 Å². The Balaban J connectivity index is 3.47. The molecule has 0 radical (unpaired) electrons. The van der Waals surface area contributed by atoms with E-state index in [9.17, 15) is 13.6 Å². The SMILES string of the molecule is N#Cc1[nH]c(=O)cc(C(F)F)c1N. The molecule has 0 aromatic carbocycles. The first-order valence-corrected chi connectivity index (χ1v) is 3.27. The van der Waals surface area contributed by atoms with Gasteiger partial charge in [-0.15, -0.1) is 0 Å². The fourth-order valence-electron chi connectivity index (χ4n) is 0.859. The summed E-state index contributed by atoms with van der Waals surface area (Å²) in [5, 5.41) is 8.40. The van der Waals surface area contributed by atoms with Crippen LogP contribution in [0.3, 0.4) is 0 Å². The van der Waals surface area contributed by atoms with Gasteiger partial charge in [-0.3, -0.25) is 4.79 Å². The molecule has 4 nitrogen and oxygen atoms in total. The van der Waals surface area contributed by atoms with Gasteiger partial charge in [0.15, 0.2) is 0 Å². The van der Waals surface area contributed by atoms with Gasteiger partial charge in [0.1, 0.15) is 11.8 Å². The van der Waals surface area contributed by atoms with Crippen LogP contribution in [0.2, 0.25) is 0 Å². The normalized spacial score (nSPS) is 10.0. The number of aromatic nitrogens is 1. The lowest BCUT2D eigenvalue weighted by molar-refractivity contribution is 0.152. The van der Waals surface area contributed by atoms with Crippen molar-refractivity contribution in [1.29, 1.82) is 5.26 Å². The zero-order valence-corrected chi connectivity index (χ0v) is 6.34. The summed E-state index contributed by atoms with van der Waals surface area (Å²) in [5.41, 5.74) is 3.11. The standard InChI is InChI=1S/C7H5F2N3O/c8-7(9)3-1-5(13)12-4(2-10)6(3)11/h1,7H,11H2,(H,12,13). The largest absolute Gasteiger partial charge is 0.396 e. The molecular formula is C7H5F2N3O. The second-order valence-corrected chi connectivity index (χ2v) is 2.29. The molecule has 0 amide bonds. The molecule has 13 heavy (non-hydrogen) atoms. The Hall–Kier alpha value is -1.90. The molecule has 3 N–H and O–H groups in total. The minimum absolute atomic E-state index is 0.331. The van der Waals surface area contributed by atoms with Crippen LogP contribution in [0.5, 0.6) is 0 Å². The van der Waals surface area contributed by atoms with Gasteiger partial charge in [0.25, 0.3) is 6.43 Å². The third kappa shape index (κ3) is 1.64. The molecule has 0 atom stereocenters. The number of rotatable bonds is 1. The highest BCUT2D eigenvalue weighted by atomic mass is 19.3. The molecular weight excluding hydrogens is 180 g/mol. The molecule has 0 saturated heterocycles. The van der Waals surface area contributed by atoms with E-state index in [0.717, 1.165) is 0 Å². The number of H-pyrrole nitrogens is 1. The van der Waals surface area contributed by atoms with E-state index in [2.05, 4.69) is 0 Å². The van der Waals surface area contributed by atoms with Crippen LogP contribution in [0.1, 0.15) is 17.7 Å². The summed E-state index contributed by atoms with van der Waals surface area (Å²) in [5.74, 6) is 0. The Labute approximate surface area is 71.6 Å². The molecule has 1 rings (SSSR count). The zero-order chi connectivity index (χ0) is 10.0. The molecule has 6 heteroatoms. The monoisotopic (exact) mass is 185 g/mol. The number of anilines is 1. The smallest absolute Gasteiger partial charge is 0.266 e. The fraction of sp³-hybridized carbons (Fsp3) is 0.143. The average Bonchev–Trinajstić information content (AvgIpc) is 2.08. The average molecular weight is 185 g/mol. The summed E-state index contributed by atoms with van der Waals surface area (Å²) >= 11 is 0. The number of nitrogen functional groups attached to an aromatic ring is 1. The minimum atomic E-state index is -2.85. The Morgan fingerprint density at radius 2 is 2.23 bits per heavy atom. The highest BCUT2D eigenvalue weighted by molar-refractivity contribution is 5.55. The Bertz CT molecular complexity index is 419. The molecule has 0 spiro atoms. The number of hydrogen-bond acceptors (Lipinski definition) is 3. The first-order valence-electron chi connectivity index (χ1n) is 3.27. The molecule has 0 aliphatic heterocycles. The van der Waals surface area contributed by atoms with Crippen molar-refractivity contribution in [2.24, 2.45) is 0 Å².